The van der Waals surface area contributed by atoms with Crippen molar-refractivity contribution in [2.24, 2.45) is 0 Å². The van der Waals surface area contributed by atoms with Gasteiger partial charge in [0.2, 0.25) is 5.91 Å². The molecule has 1 aromatic heterocycles. The number of amides is 3. The van der Waals surface area contributed by atoms with E-state index in [2.05, 4.69) is 21.0 Å². The second-order valence-corrected chi connectivity index (χ2v) is 8.06. The lowest BCUT2D eigenvalue weighted by Crippen LogP contribution is -2.47. The molecular formula is C22H21ClFN5O2. The van der Waals surface area contributed by atoms with E-state index in [1.807, 2.05) is 19.9 Å². The van der Waals surface area contributed by atoms with Gasteiger partial charge in [0.15, 0.2) is 0 Å². The van der Waals surface area contributed by atoms with Crippen molar-refractivity contribution in [2.75, 3.05) is 10.6 Å². The fourth-order valence-corrected chi connectivity index (χ4v) is 3.44. The maximum absolute atomic E-state index is 14.7. The van der Waals surface area contributed by atoms with Crippen LogP contribution < -0.4 is 16.0 Å². The van der Waals surface area contributed by atoms with Gasteiger partial charge >= 0.3 is 6.03 Å². The quantitative estimate of drug-likeness (QED) is 0.541. The third kappa shape index (κ3) is 4.54. The molecule has 3 aromatic rings. The van der Waals surface area contributed by atoms with E-state index in [0.29, 0.717) is 29.2 Å². The largest absolute Gasteiger partial charge is 0.323 e. The highest BCUT2D eigenvalue weighted by Gasteiger charge is 2.51. The molecular weight excluding hydrogens is 421 g/mol. The van der Waals surface area contributed by atoms with Crippen LogP contribution in [-0.4, -0.2) is 27.3 Å². The highest BCUT2D eigenvalue weighted by Crippen LogP contribution is 2.37. The van der Waals surface area contributed by atoms with Crippen molar-refractivity contribution in [3.8, 4) is 5.69 Å². The number of nitrogens with one attached hydrogen (secondary N) is 3. The fraction of sp³-hybridized carbons (Fsp3) is 0.227. The maximum Gasteiger partial charge on any atom is 0.320 e. The minimum Gasteiger partial charge on any atom is -0.323 e. The Morgan fingerprint density at radius 1 is 1.06 bits per heavy atom. The lowest BCUT2D eigenvalue weighted by molar-refractivity contribution is -0.118. The first-order valence-corrected chi connectivity index (χ1v) is 10.1. The molecule has 1 aliphatic carbocycles. The van der Waals surface area contributed by atoms with Crippen LogP contribution in [0.15, 0.2) is 48.5 Å². The molecule has 3 N–H and O–H groups in total. The van der Waals surface area contributed by atoms with Crippen LogP contribution in [0.3, 0.4) is 0 Å². The van der Waals surface area contributed by atoms with Crippen LogP contribution in [0.1, 0.15) is 24.2 Å². The number of benzene rings is 2. The number of urea groups is 1. The van der Waals surface area contributed by atoms with Crippen molar-refractivity contribution in [3.63, 3.8) is 0 Å². The molecule has 1 fully saturated rings. The molecule has 9 heteroatoms. The number of carbonyl (C=O) groups excluding carboxylic acids is 2. The van der Waals surface area contributed by atoms with Crippen LogP contribution in [-0.2, 0) is 4.79 Å². The molecule has 31 heavy (non-hydrogen) atoms. The van der Waals surface area contributed by atoms with Crippen molar-refractivity contribution in [1.82, 2.24) is 15.1 Å². The van der Waals surface area contributed by atoms with Gasteiger partial charge in [-0.2, -0.15) is 5.10 Å². The summed E-state index contributed by atoms with van der Waals surface area (Å²) in [6.07, 6.45) is 0.941. The first-order valence-electron chi connectivity index (χ1n) is 9.75. The van der Waals surface area contributed by atoms with Crippen LogP contribution in [0.25, 0.3) is 5.69 Å². The number of halogens is 2. The van der Waals surface area contributed by atoms with Crippen LogP contribution in [0, 0.1) is 19.7 Å². The normalized spacial score (nSPS) is 14.1. The topological polar surface area (TPSA) is 88.0 Å². The van der Waals surface area contributed by atoms with Crippen molar-refractivity contribution in [1.29, 1.82) is 0 Å². The minimum absolute atomic E-state index is 0.0430. The average molecular weight is 442 g/mol. The minimum atomic E-state index is -1.06. The van der Waals surface area contributed by atoms with E-state index < -0.39 is 23.3 Å². The number of carbonyl (C=O) groups is 2. The van der Waals surface area contributed by atoms with Crippen LogP contribution in [0.2, 0.25) is 5.02 Å². The van der Waals surface area contributed by atoms with Crippen molar-refractivity contribution in [2.45, 2.75) is 32.2 Å². The number of anilines is 2. The molecule has 0 radical (unpaired) electrons. The van der Waals surface area contributed by atoms with Gasteiger partial charge in [0.1, 0.15) is 11.4 Å². The summed E-state index contributed by atoms with van der Waals surface area (Å²) in [5, 5.41) is 12.8. The Labute approximate surface area is 183 Å². The van der Waals surface area contributed by atoms with E-state index in [4.69, 9.17) is 11.6 Å². The Balaban J connectivity index is 1.42. The Bertz CT molecular complexity index is 1160. The van der Waals surface area contributed by atoms with Gasteiger partial charge in [-0.1, -0.05) is 11.6 Å². The van der Waals surface area contributed by atoms with E-state index in [9.17, 15) is 14.0 Å². The molecule has 160 valence electrons. The van der Waals surface area contributed by atoms with Crippen molar-refractivity contribution < 1.29 is 14.0 Å². The first-order chi connectivity index (χ1) is 14.8. The summed E-state index contributed by atoms with van der Waals surface area (Å²) in [7, 11) is 0. The second kappa shape index (κ2) is 8.03. The van der Waals surface area contributed by atoms with E-state index >= 15 is 0 Å². The zero-order valence-corrected chi connectivity index (χ0v) is 17.8. The molecule has 7 nitrogen and oxygen atoms in total. The fourth-order valence-electron chi connectivity index (χ4n) is 3.32. The molecule has 1 saturated carbocycles. The van der Waals surface area contributed by atoms with Crippen molar-refractivity contribution in [3.05, 3.63) is 70.8 Å². The number of hydrogen-bond donors (Lipinski definition) is 3. The molecule has 0 spiro atoms. The third-order valence-electron chi connectivity index (χ3n) is 5.09. The molecule has 0 atom stereocenters. The summed E-state index contributed by atoms with van der Waals surface area (Å²) < 4.78 is 16.3. The molecule has 0 aliphatic heterocycles. The Hall–Kier alpha value is -3.39. The number of rotatable bonds is 5. The number of aromatic nitrogens is 2. The average Bonchev–Trinajstić information content (AvgIpc) is 3.41. The molecule has 1 heterocycles. The third-order valence-corrected chi connectivity index (χ3v) is 5.35. The zero-order valence-electron chi connectivity index (χ0n) is 17.0. The first kappa shape index (κ1) is 20.9. The second-order valence-electron chi connectivity index (χ2n) is 7.63. The summed E-state index contributed by atoms with van der Waals surface area (Å²) in [5.74, 6) is -1.05. The number of nitrogens with zero attached hydrogens (tertiary/aromatic N) is 2. The molecule has 3 amide bonds. The predicted molar refractivity (Wildman–Crippen MR) is 117 cm³/mol. The summed E-state index contributed by atoms with van der Waals surface area (Å²) >= 11 is 5.83. The van der Waals surface area contributed by atoms with E-state index in [0.717, 1.165) is 11.4 Å². The van der Waals surface area contributed by atoms with Gasteiger partial charge in [0.05, 0.1) is 17.1 Å². The van der Waals surface area contributed by atoms with Gasteiger partial charge in [-0.05, 0) is 69.2 Å². The Morgan fingerprint density at radius 3 is 2.35 bits per heavy atom. The lowest BCUT2D eigenvalue weighted by atomic mass is 10.2. The van der Waals surface area contributed by atoms with Crippen LogP contribution in [0.5, 0.6) is 0 Å². The van der Waals surface area contributed by atoms with E-state index in [1.54, 1.807) is 35.0 Å². The Morgan fingerprint density at radius 2 is 1.77 bits per heavy atom. The molecule has 2 aromatic carbocycles. The monoisotopic (exact) mass is 441 g/mol. The molecule has 0 saturated heterocycles. The van der Waals surface area contributed by atoms with Crippen molar-refractivity contribution >= 4 is 34.9 Å². The standard InChI is InChI=1S/C22H21ClFN5O2/c1-13-11-14(2)29(28-13)17-7-8-19(18(24)12-17)26-20(30)22(9-10-22)27-21(31)25-16-5-3-15(23)4-6-16/h3-8,11-12H,9-10H2,1-2H3,(H,26,30)(H2,25,27,31). The molecule has 4 rings (SSSR count). The lowest BCUT2D eigenvalue weighted by Gasteiger charge is -2.18. The number of aryl methyl sites for hydroxylation is 2. The summed E-state index contributed by atoms with van der Waals surface area (Å²) in [4.78, 5) is 25.0. The number of hydrogen-bond acceptors (Lipinski definition) is 3. The van der Waals surface area contributed by atoms with Gasteiger partial charge in [-0.3, -0.25) is 4.79 Å². The predicted octanol–water partition coefficient (Wildman–Crippen LogP) is 4.57. The van der Waals surface area contributed by atoms with Gasteiger partial charge in [0, 0.05) is 22.5 Å². The molecule has 0 unspecified atom stereocenters. The van der Waals surface area contributed by atoms with Crippen LogP contribution in [0.4, 0.5) is 20.6 Å². The SMILES string of the molecule is Cc1cc(C)n(-c2ccc(NC(=O)C3(NC(=O)Nc4ccc(Cl)cc4)CC3)c(F)c2)n1. The summed E-state index contributed by atoms with van der Waals surface area (Å²) in [6, 6.07) is 12.5. The van der Waals surface area contributed by atoms with E-state index in [-0.39, 0.29) is 5.69 Å². The van der Waals surface area contributed by atoms with E-state index in [1.165, 1.54) is 12.1 Å². The highest BCUT2D eigenvalue weighted by molar-refractivity contribution is 6.30. The molecule has 1 aliphatic rings. The smallest absolute Gasteiger partial charge is 0.320 e. The Kier molecular flexibility index (Phi) is 5.41. The van der Waals surface area contributed by atoms with Gasteiger partial charge in [0.25, 0.3) is 0 Å². The summed E-state index contributed by atoms with van der Waals surface area (Å²) in [5.41, 5.74) is 1.79. The van der Waals surface area contributed by atoms with Gasteiger partial charge in [-0.25, -0.2) is 13.9 Å². The zero-order chi connectivity index (χ0) is 22.2. The highest BCUT2D eigenvalue weighted by atomic mass is 35.5. The summed E-state index contributed by atoms with van der Waals surface area (Å²) in [6.45, 7) is 3.74. The van der Waals surface area contributed by atoms with Gasteiger partial charge < -0.3 is 16.0 Å². The van der Waals surface area contributed by atoms with Crippen LogP contribution >= 0.6 is 11.6 Å². The van der Waals surface area contributed by atoms with Gasteiger partial charge in [-0.15, -0.1) is 0 Å². The molecule has 0 bridgehead atoms. The maximum atomic E-state index is 14.7.